The van der Waals surface area contributed by atoms with Gasteiger partial charge in [-0.25, -0.2) is 4.79 Å². The van der Waals surface area contributed by atoms with Crippen LogP contribution in [0.15, 0.2) is 63.6 Å². The number of aromatic nitrogens is 1. The van der Waals surface area contributed by atoms with Crippen molar-refractivity contribution in [1.82, 2.24) is 4.98 Å². The Morgan fingerprint density at radius 3 is 2.30 bits per heavy atom. The quantitative estimate of drug-likeness (QED) is 0.248. The molecule has 0 saturated heterocycles. The number of pyridine rings is 1. The first-order valence-electron chi connectivity index (χ1n) is 13.1. The van der Waals surface area contributed by atoms with E-state index in [1.807, 2.05) is 56.3 Å². The van der Waals surface area contributed by atoms with Crippen LogP contribution in [0.2, 0.25) is 0 Å². The highest BCUT2D eigenvalue weighted by Crippen LogP contribution is 2.37. The Labute approximate surface area is 216 Å². The number of ether oxygens (including phenoxy) is 1. The number of carbonyl (C=O) groups is 2. The summed E-state index contributed by atoms with van der Waals surface area (Å²) in [7, 11) is 0. The van der Waals surface area contributed by atoms with Crippen LogP contribution in [0.4, 0.5) is 5.88 Å². The van der Waals surface area contributed by atoms with Gasteiger partial charge >= 0.3 is 5.97 Å². The molecule has 7 heteroatoms. The lowest BCUT2D eigenvalue weighted by Gasteiger charge is -2.31. The number of hydrogen-bond acceptors (Lipinski definition) is 6. The van der Waals surface area contributed by atoms with Crippen LogP contribution < -0.4 is 4.90 Å². The average molecular weight is 501 g/mol. The Kier molecular flexibility index (Phi) is 7.12. The van der Waals surface area contributed by atoms with Gasteiger partial charge < -0.3 is 13.6 Å². The predicted molar refractivity (Wildman–Crippen MR) is 142 cm³/mol. The molecule has 1 fully saturated rings. The molecule has 37 heavy (non-hydrogen) atoms. The van der Waals surface area contributed by atoms with E-state index in [1.54, 1.807) is 24.1 Å². The summed E-state index contributed by atoms with van der Waals surface area (Å²) in [5, 5.41) is 0. The van der Waals surface area contributed by atoms with Crippen molar-refractivity contribution in [2.24, 2.45) is 5.92 Å². The summed E-state index contributed by atoms with van der Waals surface area (Å²) in [5.74, 6) is 0.925. The van der Waals surface area contributed by atoms with Gasteiger partial charge in [0.1, 0.15) is 22.6 Å². The van der Waals surface area contributed by atoms with Gasteiger partial charge in [-0.15, -0.1) is 0 Å². The zero-order valence-corrected chi connectivity index (χ0v) is 21.5. The smallest absolute Gasteiger partial charge is 0.343 e. The van der Waals surface area contributed by atoms with Crippen molar-refractivity contribution in [2.45, 2.75) is 58.9 Å². The molecule has 3 aromatic heterocycles. The summed E-state index contributed by atoms with van der Waals surface area (Å²) in [6, 6.07) is 14.8. The second-order valence-electron chi connectivity index (χ2n) is 9.76. The largest absolute Gasteiger partial charge is 0.462 e. The summed E-state index contributed by atoms with van der Waals surface area (Å²) in [4.78, 5) is 32.5. The zero-order chi connectivity index (χ0) is 25.9. The van der Waals surface area contributed by atoms with Crippen LogP contribution in [0.1, 0.15) is 63.2 Å². The van der Waals surface area contributed by atoms with E-state index in [4.69, 9.17) is 13.6 Å². The first-order chi connectivity index (χ1) is 18.0. The molecule has 1 aliphatic rings. The number of fused-ring (bicyclic) bond motifs is 1. The van der Waals surface area contributed by atoms with Crippen molar-refractivity contribution in [3.8, 4) is 22.6 Å². The van der Waals surface area contributed by atoms with E-state index in [9.17, 15) is 9.59 Å². The Morgan fingerprint density at radius 2 is 1.68 bits per heavy atom. The minimum Gasteiger partial charge on any atom is -0.462 e. The number of carbonyl (C=O) groups excluding carboxylic acids is 2. The lowest BCUT2D eigenvalue weighted by molar-refractivity contribution is -0.123. The van der Waals surface area contributed by atoms with Crippen LogP contribution in [0.5, 0.6) is 0 Å². The van der Waals surface area contributed by atoms with E-state index >= 15 is 0 Å². The minimum absolute atomic E-state index is 0.00925. The summed E-state index contributed by atoms with van der Waals surface area (Å²) in [6.45, 7) is 5.88. The first-order valence-corrected chi connectivity index (χ1v) is 13.1. The molecular formula is C30H32N2O5. The molecule has 0 N–H and O–H groups in total. The molecule has 0 radical (unpaired) electrons. The fourth-order valence-electron chi connectivity index (χ4n) is 5.00. The molecule has 1 amide bonds. The predicted octanol–water partition coefficient (Wildman–Crippen LogP) is 7.25. The van der Waals surface area contributed by atoms with Crippen molar-refractivity contribution in [2.75, 3.05) is 11.5 Å². The SMILES string of the molecule is CCOC(=O)c1cc(-c2ccc(-c3cc4ncccc4o3)cc2)oc1N(C(=O)C1CCCCC1)C(C)C. The van der Waals surface area contributed by atoms with E-state index in [0.29, 0.717) is 5.76 Å². The minimum atomic E-state index is -0.499. The van der Waals surface area contributed by atoms with Gasteiger partial charge in [0.25, 0.3) is 0 Å². The van der Waals surface area contributed by atoms with Gasteiger partial charge in [-0.05, 0) is 45.7 Å². The highest BCUT2D eigenvalue weighted by Gasteiger charge is 2.34. The summed E-state index contributed by atoms with van der Waals surface area (Å²) >= 11 is 0. The van der Waals surface area contributed by atoms with Crippen molar-refractivity contribution in [3.63, 3.8) is 0 Å². The van der Waals surface area contributed by atoms with Gasteiger partial charge in [0, 0.05) is 41.4 Å². The lowest BCUT2D eigenvalue weighted by Crippen LogP contribution is -2.42. The van der Waals surface area contributed by atoms with Gasteiger partial charge in [0.05, 0.1) is 6.61 Å². The molecule has 1 aromatic carbocycles. The molecule has 0 spiro atoms. The second-order valence-corrected chi connectivity index (χ2v) is 9.76. The highest BCUT2D eigenvalue weighted by atomic mass is 16.5. The van der Waals surface area contributed by atoms with Crippen LogP contribution >= 0.6 is 0 Å². The average Bonchev–Trinajstić information content (AvgIpc) is 3.54. The molecule has 5 rings (SSSR count). The van der Waals surface area contributed by atoms with Gasteiger partial charge in [0.2, 0.25) is 11.8 Å². The third kappa shape index (κ3) is 5.03. The number of hydrogen-bond donors (Lipinski definition) is 0. The Balaban J connectivity index is 1.49. The number of esters is 1. The van der Waals surface area contributed by atoms with Gasteiger partial charge in [-0.1, -0.05) is 43.5 Å². The fraction of sp³-hybridized carbons (Fsp3) is 0.367. The van der Waals surface area contributed by atoms with Crippen LogP contribution in [0.3, 0.4) is 0 Å². The van der Waals surface area contributed by atoms with Crippen LogP contribution in [0.25, 0.3) is 33.7 Å². The Morgan fingerprint density at radius 1 is 1.00 bits per heavy atom. The topological polar surface area (TPSA) is 85.8 Å². The van der Waals surface area contributed by atoms with Crippen molar-refractivity contribution in [1.29, 1.82) is 0 Å². The summed E-state index contributed by atoms with van der Waals surface area (Å²) in [5.41, 5.74) is 3.47. The lowest BCUT2D eigenvalue weighted by atomic mass is 9.88. The third-order valence-electron chi connectivity index (χ3n) is 6.88. The molecule has 1 aliphatic carbocycles. The monoisotopic (exact) mass is 500 g/mol. The molecule has 7 nitrogen and oxygen atoms in total. The standard InChI is InChI=1S/C30H32N2O5/c1-4-35-30(34)23-17-26(37-29(23)32(19(2)3)28(33)22-9-6-5-7-10-22)20-12-14-21(15-13-20)27-18-24-25(36-27)11-8-16-31-24/h8,11-19,22H,4-7,9-10H2,1-3H3. The molecule has 3 heterocycles. The molecule has 0 atom stereocenters. The van der Waals surface area contributed by atoms with Crippen LogP contribution in [-0.4, -0.2) is 29.5 Å². The van der Waals surface area contributed by atoms with E-state index < -0.39 is 5.97 Å². The number of furan rings is 2. The summed E-state index contributed by atoms with van der Waals surface area (Å²) < 4.78 is 17.5. The maximum absolute atomic E-state index is 13.6. The number of nitrogens with zero attached hydrogens (tertiary/aromatic N) is 2. The number of rotatable bonds is 7. The van der Waals surface area contributed by atoms with Crippen LogP contribution in [0, 0.1) is 5.92 Å². The molecule has 4 aromatic rings. The van der Waals surface area contributed by atoms with E-state index in [2.05, 4.69) is 4.98 Å². The van der Waals surface area contributed by atoms with Crippen LogP contribution in [-0.2, 0) is 9.53 Å². The number of anilines is 1. The molecule has 192 valence electrons. The van der Waals surface area contributed by atoms with E-state index in [1.165, 1.54) is 0 Å². The maximum Gasteiger partial charge on any atom is 0.343 e. The number of benzene rings is 1. The Bertz CT molecular complexity index is 1360. The molecule has 0 unspecified atom stereocenters. The van der Waals surface area contributed by atoms with Crippen molar-refractivity contribution in [3.05, 3.63) is 60.3 Å². The number of amides is 1. The third-order valence-corrected chi connectivity index (χ3v) is 6.88. The highest BCUT2D eigenvalue weighted by molar-refractivity contribution is 6.03. The molecular weight excluding hydrogens is 468 g/mol. The summed E-state index contributed by atoms with van der Waals surface area (Å²) in [6.07, 6.45) is 6.71. The van der Waals surface area contributed by atoms with Gasteiger partial charge in [-0.3, -0.25) is 14.7 Å². The molecule has 0 bridgehead atoms. The second kappa shape index (κ2) is 10.6. The first kappa shape index (κ1) is 24.8. The normalized spacial score (nSPS) is 14.3. The zero-order valence-electron chi connectivity index (χ0n) is 21.5. The van der Waals surface area contributed by atoms with Gasteiger partial charge in [0.15, 0.2) is 5.58 Å². The molecule has 0 aliphatic heterocycles. The Hall–Kier alpha value is -3.87. The van der Waals surface area contributed by atoms with E-state index in [-0.39, 0.29) is 35.9 Å². The molecule has 1 saturated carbocycles. The maximum atomic E-state index is 13.6. The fourth-order valence-corrected chi connectivity index (χ4v) is 5.00. The van der Waals surface area contributed by atoms with Crippen molar-refractivity contribution < 1.29 is 23.2 Å². The van der Waals surface area contributed by atoms with E-state index in [0.717, 1.165) is 60.1 Å². The van der Waals surface area contributed by atoms with Crippen molar-refractivity contribution >= 4 is 28.9 Å². The van der Waals surface area contributed by atoms with Gasteiger partial charge in [-0.2, -0.15) is 0 Å².